The van der Waals surface area contributed by atoms with Crippen molar-refractivity contribution in [3.8, 4) is 17.0 Å². The number of aryl methyl sites for hydroxylation is 3. The van der Waals surface area contributed by atoms with E-state index in [0.717, 1.165) is 28.4 Å². The number of fused-ring (bicyclic) bond motifs is 1. The Hall–Kier alpha value is -3.61. The number of nitrogens with zero attached hydrogens (tertiary/aromatic N) is 2. The number of carbonyl (C=O) groups excluding carboxylic acids is 1. The minimum Gasteiger partial charge on any atom is -0.496 e. The molecule has 1 unspecified atom stereocenters. The van der Waals surface area contributed by atoms with Crippen LogP contribution in [0.3, 0.4) is 0 Å². The number of benzene rings is 1. The Morgan fingerprint density at radius 1 is 1.17 bits per heavy atom. The van der Waals surface area contributed by atoms with Gasteiger partial charge in [-0.25, -0.2) is 4.98 Å². The van der Waals surface area contributed by atoms with Crippen LogP contribution in [-0.2, 0) is 0 Å². The van der Waals surface area contributed by atoms with Gasteiger partial charge in [0.25, 0.3) is 11.6 Å². The molecule has 0 radical (unpaired) electrons. The van der Waals surface area contributed by atoms with E-state index in [9.17, 15) is 4.79 Å². The van der Waals surface area contributed by atoms with Crippen LogP contribution in [0.2, 0.25) is 0 Å². The minimum atomic E-state index is -0.265. The molecule has 0 saturated heterocycles. The molecule has 0 fully saturated rings. The van der Waals surface area contributed by atoms with E-state index >= 15 is 0 Å². The second-order valence-corrected chi connectivity index (χ2v) is 7.27. The van der Waals surface area contributed by atoms with Crippen molar-refractivity contribution >= 4 is 17.0 Å². The number of aromatic nitrogens is 2. The molecule has 0 aliphatic heterocycles. The average Bonchev–Trinajstić information content (AvgIpc) is 3.28. The zero-order valence-electron chi connectivity index (χ0n) is 17.6. The number of furan rings is 1. The summed E-state index contributed by atoms with van der Waals surface area (Å²) >= 11 is 0. The first-order chi connectivity index (χ1) is 14.4. The van der Waals surface area contributed by atoms with Gasteiger partial charge in [0.15, 0.2) is 0 Å². The van der Waals surface area contributed by atoms with E-state index in [0.29, 0.717) is 28.1 Å². The zero-order valence-corrected chi connectivity index (χ0v) is 17.6. The van der Waals surface area contributed by atoms with Crippen LogP contribution in [0.25, 0.3) is 22.4 Å². The first-order valence-corrected chi connectivity index (χ1v) is 9.67. The van der Waals surface area contributed by atoms with Gasteiger partial charge in [0.2, 0.25) is 0 Å². The summed E-state index contributed by atoms with van der Waals surface area (Å²) < 4.78 is 16.4. The average molecular weight is 405 g/mol. The molecule has 3 heterocycles. The highest BCUT2D eigenvalue weighted by Crippen LogP contribution is 2.31. The first-order valence-electron chi connectivity index (χ1n) is 9.67. The molecule has 7 nitrogen and oxygen atoms in total. The van der Waals surface area contributed by atoms with E-state index < -0.39 is 0 Å². The minimum absolute atomic E-state index is 0.244. The first kappa shape index (κ1) is 19.7. The summed E-state index contributed by atoms with van der Waals surface area (Å²) in [5, 5.41) is 7.66. The Morgan fingerprint density at radius 3 is 2.63 bits per heavy atom. The third kappa shape index (κ3) is 3.43. The van der Waals surface area contributed by atoms with E-state index in [1.165, 1.54) is 0 Å². The van der Waals surface area contributed by atoms with Gasteiger partial charge >= 0.3 is 0 Å². The second-order valence-electron chi connectivity index (χ2n) is 7.27. The summed E-state index contributed by atoms with van der Waals surface area (Å²) in [6.07, 6.45) is 0. The van der Waals surface area contributed by atoms with E-state index in [2.05, 4.69) is 15.5 Å². The number of amides is 1. The van der Waals surface area contributed by atoms with Crippen molar-refractivity contribution in [1.29, 1.82) is 0 Å². The van der Waals surface area contributed by atoms with Crippen molar-refractivity contribution < 1.29 is 18.5 Å². The zero-order chi connectivity index (χ0) is 21.4. The predicted octanol–water partition coefficient (Wildman–Crippen LogP) is 4.91. The second kappa shape index (κ2) is 7.67. The van der Waals surface area contributed by atoms with E-state index in [-0.39, 0.29) is 11.9 Å². The van der Waals surface area contributed by atoms with E-state index in [1.807, 2.05) is 51.1 Å². The van der Waals surface area contributed by atoms with Gasteiger partial charge in [-0.3, -0.25) is 4.79 Å². The van der Waals surface area contributed by atoms with Crippen LogP contribution < -0.4 is 10.1 Å². The molecule has 1 aromatic carbocycles. The lowest BCUT2D eigenvalue weighted by Crippen LogP contribution is -2.27. The maximum Gasteiger partial charge on any atom is 0.259 e. The number of nitrogens with one attached hydrogen (secondary N) is 1. The summed E-state index contributed by atoms with van der Waals surface area (Å²) in [4.78, 5) is 17.9. The molecule has 1 amide bonds. The molecule has 4 rings (SSSR count). The topological polar surface area (TPSA) is 90.4 Å². The fourth-order valence-electron chi connectivity index (χ4n) is 3.67. The molecule has 3 aromatic heterocycles. The summed E-state index contributed by atoms with van der Waals surface area (Å²) in [7, 11) is 1.61. The molecule has 154 valence electrons. The molecule has 0 saturated carbocycles. The highest BCUT2D eigenvalue weighted by atomic mass is 16.5. The number of methoxy groups -OCH3 is 1. The highest BCUT2D eigenvalue weighted by Gasteiger charge is 2.23. The lowest BCUT2D eigenvalue weighted by Gasteiger charge is -2.17. The fraction of sp³-hybridized carbons (Fsp3) is 0.261. The Balaban J connectivity index is 1.76. The van der Waals surface area contributed by atoms with Gasteiger partial charge in [0.05, 0.1) is 35.5 Å². The third-order valence-electron chi connectivity index (χ3n) is 5.13. The molecular formula is C23H23N3O4. The highest BCUT2D eigenvalue weighted by molar-refractivity contribution is 6.07. The van der Waals surface area contributed by atoms with E-state index in [4.69, 9.17) is 13.7 Å². The standard InChI is InChI=1S/C23H23N3O4/c1-12-10-17(15(4)29-12)19-11-18(21-14(3)26-30-23(21)25-19)22(27)24-13(2)16-8-6-7-9-20(16)28-5/h6-11,13H,1-5H3,(H,24,27). The van der Waals surface area contributed by atoms with Crippen molar-refractivity contribution in [3.63, 3.8) is 0 Å². The molecule has 1 atom stereocenters. The van der Waals surface area contributed by atoms with Crippen LogP contribution in [0, 0.1) is 20.8 Å². The third-order valence-corrected chi connectivity index (χ3v) is 5.13. The number of pyridine rings is 1. The Labute approximate surface area is 174 Å². The van der Waals surface area contributed by atoms with Crippen LogP contribution in [0.4, 0.5) is 0 Å². The smallest absolute Gasteiger partial charge is 0.259 e. The summed E-state index contributed by atoms with van der Waals surface area (Å²) in [6, 6.07) is 11.0. The molecule has 0 bridgehead atoms. The quantitative estimate of drug-likeness (QED) is 0.507. The number of ether oxygens (including phenoxy) is 1. The van der Waals surface area contributed by atoms with Crippen molar-refractivity contribution in [2.75, 3.05) is 7.11 Å². The Morgan fingerprint density at radius 2 is 1.93 bits per heavy atom. The molecular weight excluding hydrogens is 382 g/mol. The SMILES string of the molecule is COc1ccccc1C(C)NC(=O)c1cc(-c2cc(C)oc2C)nc2onc(C)c12. The maximum atomic E-state index is 13.3. The van der Waals surface area contributed by atoms with Crippen LogP contribution in [-0.4, -0.2) is 23.2 Å². The number of rotatable bonds is 5. The van der Waals surface area contributed by atoms with Crippen LogP contribution in [0.1, 0.15) is 46.1 Å². The molecule has 7 heteroatoms. The Bertz CT molecular complexity index is 1240. The molecule has 0 spiro atoms. The molecule has 4 aromatic rings. The largest absolute Gasteiger partial charge is 0.496 e. The monoisotopic (exact) mass is 405 g/mol. The van der Waals surface area contributed by atoms with Crippen molar-refractivity contribution in [2.45, 2.75) is 33.7 Å². The number of hydrogen-bond acceptors (Lipinski definition) is 6. The summed E-state index contributed by atoms with van der Waals surface area (Å²) in [5.41, 5.74) is 3.69. The van der Waals surface area contributed by atoms with Crippen molar-refractivity contribution in [2.24, 2.45) is 0 Å². The fourth-order valence-corrected chi connectivity index (χ4v) is 3.67. The normalized spacial score (nSPS) is 12.2. The maximum absolute atomic E-state index is 13.3. The Kier molecular flexibility index (Phi) is 5.03. The number of para-hydroxylation sites is 1. The predicted molar refractivity (Wildman–Crippen MR) is 113 cm³/mol. The van der Waals surface area contributed by atoms with Gasteiger partial charge in [0.1, 0.15) is 17.3 Å². The van der Waals surface area contributed by atoms with E-state index in [1.54, 1.807) is 20.1 Å². The van der Waals surface area contributed by atoms with Gasteiger partial charge in [-0.05, 0) is 45.9 Å². The summed E-state index contributed by atoms with van der Waals surface area (Å²) in [6.45, 7) is 7.44. The number of hydrogen-bond donors (Lipinski definition) is 1. The van der Waals surface area contributed by atoms with Gasteiger partial charge in [-0.15, -0.1) is 0 Å². The van der Waals surface area contributed by atoms with Gasteiger partial charge in [-0.1, -0.05) is 23.4 Å². The lowest BCUT2D eigenvalue weighted by molar-refractivity contribution is 0.0941. The molecule has 0 aliphatic carbocycles. The van der Waals surface area contributed by atoms with Crippen LogP contribution in [0.15, 0.2) is 45.3 Å². The van der Waals surface area contributed by atoms with Crippen molar-refractivity contribution in [3.05, 3.63) is 64.7 Å². The summed E-state index contributed by atoms with van der Waals surface area (Å²) in [5.74, 6) is 1.97. The van der Waals surface area contributed by atoms with Gasteiger partial charge in [0, 0.05) is 11.1 Å². The number of carbonyl (C=O) groups is 1. The molecule has 30 heavy (non-hydrogen) atoms. The van der Waals surface area contributed by atoms with Gasteiger partial charge in [-0.2, -0.15) is 0 Å². The van der Waals surface area contributed by atoms with Crippen molar-refractivity contribution in [1.82, 2.24) is 15.5 Å². The van der Waals surface area contributed by atoms with Gasteiger partial charge < -0.3 is 19.0 Å². The van der Waals surface area contributed by atoms with Crippen LogP contribution in [0.5, 0.6) is 5.75 Å². The molecule has 0 aliphatic rings. The molecule has 1 N–H and O–H groups in total. The van der Waals surface area contributed by atoms with Crippen LogP contribution >= 0.6 is 0 Å². The lowest BCUT2D eigenvalue weighted by atomic mass is 10.0.